The molecular formula is C17H24OS. The fourth-order valence-corrected chi connectivity index (χ4v) is 4.11. The van der Waals surface area contributed by atoms with Gasteiger partial charge in [0.05, 0.1) is 10.9 Å². The number of hydrogen-bond donors (Lipinski definition) is 1. The van der Waals surface area contributed by atoms with Crippen LogP contribution in [0, 0.1) is 5.92 Å². The Kier molecular flexibility index (Phi) is 5.12. The summed E-state index contributed by atoms with van der Waals surface area (Å²) in [5.41, 5.74) is -0.664. The van der Waals surface area contributed by atoms with Crippen LogP contribution in [0.2, 0.25) is 0 Å². The molecule has 1 saturated carbocycles. The van der Waals surface area contributed by atoms with Crippen LogP contribution < -0.4 is 0 Å². The molecule has 0 amide bonds. The molecule has 0 bridgehead atoms. The van der Waals surface area contributed by atoms with Crippen molar-refractivity contribution in [2.75, 3.05) is 0 Å². The second kappa shape index (κ2) is 6.62. The van der Waals surface area contributed by atoms with Gasteiger partial charge in [-0.25, -0.2) is 0 Å². The first-order valence-corrected chi connectivity index (χ1v) is 8.09. The molecule has 1 fully saturated rings. The predicted molar refractivity (Wildman–Crippen MR) is 83.5 cm³/mol. The lowest BCUT2D eigenvalue weighted by Gasteiger charge is -2.40. The third kappa shape index (κ3) is 3.64. The van der Waals surface area contributed by atoms with Gasteiger partial charge in [-0.2, -0.15) is 0 Å². The Labute approximate surface area is 121 Å². The minimum Gasteiger partial charge on any atom is -0.388 e. The number of aliphatic hydroxyl groups is 1. The monoisotopic (exact) mass is 276 g/mol. The molecule has 1 nitrogen and oxygen atoms in total. The van der Waals surface area contributed by atoms with Crippen molar-refractivity contribution in [3.8, 4) is 0 Å². The molecule has 2 rings (SSSR count). The lowest BCUT2D eigenvalue weighted by molar-refractivity contribution is -0.00892. The first-order valence-electron chi connectivity index (χ1n) is 7.21. The molecule has 0 aliphatic heterocycles. The second-order valence-corrected chi connectivity index (χ2v) is 6.86. The van der Waals surface area contributed by atoms with Crippen LogP contribution in [0.4, 0.5) is 0 Å². The van der Waals surface area contributed by atoms with E-state index in [1.807, 2.05) is 31.2 Å². The van der Waals surface area contributed by atoms with Crippen LogP contribution >= 0.6 is 11.8 Å². The van der Waals surface area contributed by atoms with Crippen molar-refractivity contribution in [2.24, 2.45) is 5.92 Å². The minimum atomic E-state index is -0.664. The van der Waals surface area contributed by atoms with Gasteiger partial charge in [0.15, 0.2) is 0 Å². The largest absolute Gasteiger partial charge is 0.388 e. The highest BCUT2D eigenvalue weighted by Gasteiger charge is 2.39. The Bertz CT molecular complexity index is 393. The fourth-order valence-electron chi connectivity index (χ4n) is 2.97. The maximum absolute atomic E-state index is 11.0. The molecule has 0 spiro atoms. The Morgan fingerprint density at radius 2 is 1.89 bits per heavy atom. The van der Waals surface area contributed by atoms with Crippen LogP contribution in [0.5, 0.6) is 0 Å². The van der Waals surface area contributed by atoms with Crippen LogP contribution in [0.25, 0.3) is 0 Å². The van der Waals surface area contributed by atoms with Crippen molar-refractivity contribution in [3.05, 3.63) is 43.0 Å². The van der Waals surface area contributed by atoms with Gasteiger partial charge in [0.25, 0.3) is 0 Å². The minimum absolute atomic E-state index is 0.0537. The third-order valence-electron chi connectivity index (χ3n) is 4.23. The fraction of sp³-hybridized carbons (Fsp3) is 0.529. The summed E-state index contributed by atoms with van der Waals surface area (Å²) in [5.74, 6) is 0.403. The molecular weight excluding hydrogens is 252 g/mol. The molecule has 2 atom stereocenters. The van der Waals surface area contributed by atoms with Crippen molar-refractivity contribution < 1.29 is 5.11 Å². The van der Waals surface area contributed by atoms with E-state index in [0.29, 0.717) is 5.92 Å². The first kappa shape index (κ1) is 14.7. The van der Waals surface area contributed by atoms with E-state index in [1.54, 1.807) is 11.8 Å². The Morgan fingerprint density at radius 3 is 2.47 bits per heavy atom. The number of thioether (sulfide) groups is 1. The molecule has 1 aliphatic carbocycles. The average Bonchev–Trinajstić information content (AvgIpc) is 2.46. The molecule has 1 aromatic carbocycles. The van der Waals surface area contributed by atoms with Crippen molar-refractivity contribution in [2.45, 2.75) is 54.8 Å². The van der Waals surface area contributed by atoms with Gasteiger partial charge in [0.2, 0.25) is 0 Å². The molecule has 2 heteroatoms. The van der Waals surface area contributed by atoms with Gasteiger partial charge in [0, 0.05) is 4.90 Å². The molecule has 0 saturated heterocycles. The van der Waals surface area contributed by atoms with Crippen molar-refractivity contribution in [1.82, 2.24) is 0 Å². The van der Waals surface area contributed by atoms with Crippen LogP contribution in [0.3, 0.4) is 0 Å². The summed E-state index contributed by atoms with van der Waals surface area (Å²) >= 11 is 1.72. The lowest BCUT2D eigenvalue weighted by Crippen LogP contribution is -2.44. The number of rotatable bonds is 5. The summed E-state index contributed by atoms with van der Waals surface area (Å²) in [5, 5.41) is 11.0. The summed E-state index contributed by atoms with van der Waals surface area (Å²) < 4.78 is 0. The van der Waals surface area contributed by atoms with E-state index in [4.69, 9.17) is 0 Å². The van der Waals surface area contributed by atoms with E-state index < -0.39 is 5.60 Å². The van der Waals surface area contributed by atoms with Gasteiger partial charge in [-0.05, 0) is 37.8 Å². The average molecular weight is 276 g/mol. The van der Waals surface area contributed by atoms with Crippen molar-refractivity contribution in [1.29, 1.82) is 0 Å². The summed E-state index contributed by atoms with van der Waals surface area (Å²) in [6, 6.07) is 10.3. The zero-order chi connectivity index (χ0) is 13.7. The third-order valence-corrected chi connectivity index (χ3v) is 5.70. The normalized spacial score (nSPS) is 21.6. The molecule has 104 valence electrons. The molecule has 1 aromatic rings. The number of benzene rings is 1. The summed E-state index contributed by atoms with van der Waals surface area (Å²) in [6.07, 6.45) is 8.02. The maximum atomic E-state index is 11.0. The highest BCUT2D eigenvalue weighted by molar-refractivity contribution is 8.00. The van der Waals surface area contributed by atoms with Crippen LogP contribution in [-0.2, 0) is 0 Å². The Balaban J connectivity index is 2.08. The van der Waals surface area contributed by atoms with E-state index in [1.165, 1.54) is 24.2 Å². The highest BCUT2D eigenvalue weighted by Crippen LogP contribution is 2.41. The van der Waals surface area contributed by atoms with Crippen LogP contribution in [0.1, 0.15) is 39.0 Å². The smallest absolute Gasteiger partial charge is 0.0804 e. The van der Waals surface area contributed by atoms with Crippen LogP contribution in [0.15, 0.2) is 47.9 Å². The zero-order valence-corrected chi connectivity index (χ0v) is 12.5. The molecule has 0 unspecified atom stereocenters. The summed E-state index contributed by atoms with van der Waals surface area (Å²) in [7, 11) is 0. The van der Waals surface area contributed by atoms with Gasteiger partial charge in [-0.15, -0.1) is 18.3 Å². The van der Waals surface area contributed by atoms with E-state index in [-0.39, 0.29) is 5.25 Å². The number of hydrogen-bond acceptors (Lipinski definition) is 2. The van der Waals surface area contributed by atoms with E-state index in [2.05, 4.69) is 18.7 Å². The van der Waals surface area contributed by atoms with E-state index in [0.717, 1.165) is 12.8 Å². The quantitative estimate of drug-likeness (QED) is 0.623. The predicted octanol–water partition coefficient (Wildman–Crippen LogP) is 4.66. The molecule has 19 heavy (non-hydrogen) atoms. The molecule has 1 N–H and O–H groups in total. The van der Waals surface area contributed by atoms with E-state index in [9.17, 15) is 5.11 Å². The topological polar surface area (TPSA) is 20.2 Å². The van der Waals surface area contributed by atoms with Gasteiger partial charge in [-0.3, -0.25) is 0 Å². The van der Waals surface area contributed by atoms with Gasteiger partial charge < -0.3 is 5.11 Å². The Morgan fingerprint density at radius 1 is 1.26 bits per heavy atom. The van der Waals surface area contributed by atoms with Gasteiger partial charge in [-0.1, -0.05) is 43.5 Å². The molecule has 0 aromatic heterocycles. The zero-order valence-electron chi connectivity index (χ0n) is 11.7. The van der Waals surface area contributed by atoms with Gasteiger partial charge >= 0.3 is 0 Å². The summed E-state index contributed by atoms with van der Waals surface area (Å²) in [4.78, 5) is 1.20. The van der Waals surface area contributed by atoms with Crippen LogP contribution in [-0.4, -0.2) is 16.0 Å². The highest BCUT2D eigenvalue weighted by atomic mass is 32.2. The first-order chi connectivity index (χ1) is 9.14. The maximum Gasteiger partial charge on any atom is 0.0804 e. The SMILES string of the molecule is C=C[C@H](Sc1ccccc1)[C@](C)(O)C1CCCCC1. The molecule has 1 aliphatic rings. The van der Waals surface area contributed by atoms with Crippen molar-refractivity contribution >= 4 is 11.8 Å². The Hall–Kier alpha value is -0.730. The second-order valence-electron chi connectivity index (χ2n) is 5.65. The molecule has 0 heterocycles. The lowest BCUT2D eigenvalue weighted by atomic mass is 9.76. The van der Waals surface area contributed by atoms with Crippen molar-refractivity contribution in [3.63, 3.8) is 0 Å². The van der Waals surface area contributed by atoms with E-state index >= 15 is 0 Å². The molecule has 0 radical (unpaired) electrons. The van der Waals surface area contributed by atoms with Gasteiger partial charge in [0.1, 0.15) is 0 Å². The standard InChI is InChI=1S/C17H24OS/c1-3-16(19-15-12-8-5-9-13-15)17(2,18)14-10-6-4-7-11-14/h3,5,8-9,12-14,16,18H,1,4,6-7,10-11H2,2H3/t16-,17+/m0/s1. The summed E-state index contributed by atoms with van der Waals surface area (Å²) in [6.45, 7) is 5.93.